The van der Waals surface area contributed by atoms with E-state index in [0.717, 1.165) is 0 Å². The van der Waals surface area contributed by atoms with Crippen LogP contribution in [-0.4, -0.2) is 109 Å². The van der Waals surface area contributed by atoms with Crippen molar-refractivity contribution in [2.45, 2.75) is 66.7 Å². The minimum absolute atomic E-state index is 0.0183. The predicted octanol–water partition coefficient (Wildman–Crippen LogP) is 4.27. The Bertz CT molecular complexity index is 2140. The van der Waals surface area contributed by atoms with Gasteiger partial charge in [0.25, 0.3) is 0 Å². The summed E-state index contributed by atoms with van der Waals surface area (Å²) in [5.41, 5.74) is 1.07. The van der Waals surface area contributed by atoms with E-state index in [1.807, 2.05) is 36.4 Å². The zero-order chi connectivity index (χ0) is 41.0. The molecule has 3 saturated heterocycles. The third-order valence-electron chi connectivity index (χ3n) is 11.3. The Labute approximate surface area is 344 Å². The molecule has 3 aliphatic heterocycles. The highest BCUT2D eigenvalue weighted by atomic mass is 79.9. The lowest BCUT2D eigenvalue weighted by Crippen LogP contribution is -2.57. The largest absolute Gasteiger partial charge is 0.455 e. The van der Waals surface area contributed by atoms with Gasteiger partial charge in [-0.1, -0.05) is 106 Å². The second-order valence-corrected chi connectivity index (χ2v) is 16.0. The number of likely N-dealkylation sites (tertiary alicyclic amines) is 1. The molecule has 3 aliphatic rings. The Kier molecular flexibility index (Phi) is 12.5. The van der Waals surface area contributed by atoms with Crippen molar-refractivity contribution in [3.63, 3.8) is 0 Å². The monoisotopic (exact) mass is 854 g/mol. The number of carbonyl (C=O) groups excluding carboxylic acids is 4. The van der Waals surface area contributed by atoms with Crippen LogP contribution in [0.15, 0.2) is 110 Å². The molecule has 14 nitrogen and oxygen atoms in total. The number of ether oxygens (including phenoxy) is 3. The summed E-state index contributed by atoms with van der Waals surface area (Å²) < 4.78 is 20.3. The van der Waals surface area contributed by atoms with Crippen molar-refractivity contribution >= 4 is 50.7 Å². The molecule has 304 valence electrons. The first kappa shape index (κ1) is 41.0. The van der Waals surface area contributed by atoms with Crippen molar-refractivity contribution in [1.82, 2.24) is 30.1 Å². The molecule has 2 bridgehead atoms. The van der Waals surface area contributed by atoms with Gasteiger partial charge in [-0.2, -0.15) is 0 Å². The van der Waals surface area contributed by atoms with Gasteiger partial charge in [0, 0.05) is 24.9 Å². The number of allylic oxidation sites excluding steroid dienone is 1. The number of aliphatic hydroxyl groups is 1. The van der Waals surface area contributed by atoms with Crippen LogP contribution >= 0.6 is 15.9 Å². The lowest BCUT2D eigenvalue weighted by Gasteiger charge is -2.39. The van der Waals surface area contributed by atoms with Crippen molar-refractivity contribution in [3.05, 3.63) is 121 Å². The summed E-state index contributed by atoms with van der Waals surface area (Å²) >= 11 is 3.76. The number of amides is 3. The summed E-state index contributed by atoms with van der Waals surface area (Å²) in [6.07, 6.45) is 2.24. The van der Waals surface area contributed by atoms with Gasteiger partial charge >= 0.3 is 5.97 Å². The number of esters is 1. The van der Waals surface area contributed by atoms with Crippen molar-refractivity contribution in [3.8, 4) is 0 Å². The number of carbonyl (C=O) groups is 4. The second kappa shape index (κ2) is 17.7. The fourth-order valence-corrected chi connectivity index (χ4v) is 9.78. The van der Waals surface area contributed by atoms with Gasteiger partial charge < -0.3 is 34.4 Å². The normalized spacial score (nSPS) is 24.8. The first-order valence-electron chi connectivity index (χ1n) is 19.3. The molecule has 9 atom stereocenters. The number of hydrogen-bond acceptors (Lipinski definition) is 10. The Balaban J connectivity index is 1.28. The first-order valence-corrected chi connectivity index (χ1v) is 20.2. The standard InChI is InChI=1S/C43H47BrN6O8/c1-4-6-21-34(52)45-31(25-56-3)37(28-17-11-8-12-18-28)57-42(55)35-36-40(53)50(33(24-51)27-15-9-7-10-16-27)39(43(36)23-29(44)38(35)58-43)41(54)48(22-5-2)26-49-32-20-14-13-19-30(32)46-47-49/h4-5,7-20,29,31,33,35-39,51H,1-2,6,21-26H2,3H3,(H,45,52)/t29?,31-,33+,35-,36+,37-,38-,39-,43+/m0/s1. The number of nitrogens with zero attached hydrogens (tertiary/aromatic N) is 5. The highest BCUT2D eigenvalue weighted by Gasteiger charge is 2.77. The number of para-hydroxylation sites is 1. The van der Waals surface area contributed by atoms with Crippen LogP contribution in [0.3, 0.4) is 0 Å². The molecule has 0 radical (unpaired) electrons. The van der Waals surface area contributed by atoms with Crippen LogP contribution in [0.25, 0.3) is 11.0 Å². The SMILES string of the molecule is C=CCCC(=O)N[C@@H](COC)[C@@H](OC(=O)[C@@H]1[C@H]2O[C@@]3(CC2Br)[C@H](C(=O)N(CC=C)Cn2nnc4ccccc42)N([C@H](CO)c2ccccc2)C(=O)[C@@H]13)c1ccccc1. The Morgan fingerprint density at radius 1 is 1.05 bits per heavy atom. The molecule has 1 aromatic heterocycles. The Hall–Kier alpha value is -5.22. The van der Waals surface area contributed by atoms with Gasteiger partial charge in [0.1, 0.15) is 29.9 Å². The van der Waals surface area contributed by atoms with Gasteiger partial charge in [-0.15, -0.1) is 18.3 Å². The van der Waals surface area contributed by atoms with Crippen LogP contribution in [0.4, 0.5) is 0 Å². The van der Waals surface area contributed by atoms with E-state index < -0.39 is 77.0 Å². The number of benzene rings is 3. The molecule has 0 aliphatic carbocycles. The van der Waals surface area contributed by atoms with Gasteiger partial charge in [-0.05, 0) is 36.1 Å². The molecular weight excluding hydrogens is 808 g/mol. The molecular formula is C43H47BrN6O8. The van der Waals surface area contributed by atoms with Crippen LogP contribution < -0.4 is 5.32 Å². The second-order valence-electron chi connectivity index (χ2n) is 14.8. The molecule has 3 aromatic carbocycles. The van der Waals surface area contributed by atoms with Crippen molar-refractivity contribution in [2.75, 3.05) is 26.9 Å². The maximum absolute atomic E-state index is 15.3. The summed E-state index contributed by atoms with van der Waals surface area (Å²) in [6, 6.07) is 22.3. The minimum atomic E-state index is -1.49. The Morgan fingerprint density at radius 3 is 2.41 bits per heavy atom. The minimum Gasteiger partial charge on any atom is -0.455 e. The van der Waals surface area contributed by atoms with Crippen molar-refractivity contribution in [2.24, 2.45) is 11.8 Å². The molecule has 0 saturated carbocycles. The van der Waals surface area contributed by atoms with Crippen LogP contribution in [-0.2, 0) is 40.1 Å². The van der Waals surface area contributed by atoms with E-state index in [0.29, 0.717) is 28.6 Å². The number of aromatic nitrogens is 3. The quantitative estimate of drug-likeness (QED) is 0.0840. The zero-order valence-corrected chi connectivity index (χ0v) is 33.7. The summed E-state index contributed by atoms with van der Waals surface area (Å²) in [5, 5.41) is 22.5. The maximum Gasteiger partial charge on any atom is 0.313 e. The molecule has 4 aromatic rings. The third kappa shape index (κ3) is 7.59. The lowest BCUT2D eigenvalue weighted by molar-refractivity contribution is -0.163. The number of nitrogens with one attached hydrogen (secondary N) is 1. The molecule has 58 heavy (non-hydrogen) atoms. The molecule has 2 N–H and O–H groups in total. The number of methoxy groups -OCH3 is 1. The third-order valence-corrected chi connectivity index (χ3v) is 12.2. The number of aliphatic hydroxyl groups excluding tert-OH is 1. The van der Waals surface area contributed by atoms with E-state index in [4.69, 9.17) is 14.2 Å². The molecule has 4 heterocycles. The predicted molar refractivity (Wildman–Crippen MR) is 217 cm³/mol. The van der Waals surface area contributed by atoms with Crippen LogP contribution in [0.2, 0.25) is 0 Å². The van der Waals surface area contributed by atoms with E-state index in [9.17, 15) is 14.7 Å². The van der Waals surface area contributed by atoms with E-state index in [1.165, 1.54) is 16.9 Å². The number of alkyl halides is 1. The van der Waals surface area contributed by atoms with Crippen molar-refractivity contribution in [1.29, 1.82) is 0 Å². The highest BCUT2D eigenvalue weighted by Crippen LogP contribution is 2.61. The molecule has 15 heteroatoms. The molecule has 3 amide bonds. The average molecular weight is 856 g/mol. The van der Waals surface area contributed by atoms with E-state index in [-0.39, 0.29) is 38.6 Å². The van der Waals surface area contributed by atoms with Gasteiger partial charge in [0.05, 0.1) is 48.8 Å². The van der Waals surface area contributed by atoms with Gasteiger partial charge in [0.2, 0.25) is 17.7 Å². The average Bonchev–Trinajstić information content (AvgIpc) is 3.96. The first-order chi connectivity index (χ1) is 28.2. The number of halogens is 1. The topological polar surface area (TPSA) is 165 Å². The Morgan fingerprint density at radius 2 is 1.74 bits per heavy atom. The maximum atomic E-state index is 15.3. The summed E-state index contributed by atoms with van der Waals surface area (Å²) in [5.74, 6) is -4.29. The lowest BCUT2D eigenvalue weighted by atomic mass is 9.70. The number of rotatable bonds is 18. The summed E-state index contributed by atoms with van der Waals surface area (Å²) in [6.45, 7) is 7.19. The van der Waals surface area contributed by atoms with Crippen LogP contribution in [0.5, 0.6) is 0 Å². The zero-order valence-electron chi connectivity index (χ0n) is 32.1. The summed E-state index contributed by atoms with van der Waals surface area (Å²) in [4.78, 5) is 60.8. The van der Waals surface area contributed by atoms with Gasteiger partial charge in [0.15, 0.2) is 0 Å². The van der Waals surface area contributed by atoms with Crippen LogP contribution in [0, 0.1) is 11.8 Å². The van der Waals surface area contributed by atoms with E-state index in [2.05, 4.69) is 44.7 Å². The summed E-state index contributed by atoms with van der Waals surface area (Å²) in [7, 11) is 1.49. The molecule has 1 spiro atoms. The number of hydrogen-bond donors (Lipinski definition) is 2. The van der Waals surface area contributed by atoms with Gasteiger partial charge in [-0.25, -0.2) is 4.68 Å². The smallest absolute Gasteiger partial charge is 0.313 e. The number of fused-ring (bicyclic) bond motifs is 2. The van der Waals surface area contributed by atoms with Gasteiger partial charge in [-0.3, -0.25) is 19.2 Å². The molecule has 3 fully saturated rings. The van der Waals surface area contributed by atoms with Crippen LogP contribution in [0.1, 0.15) is 42.5 Å². The fraction of sp³-hybridized carbons (Fsp3) is 0.395. The fourth-order valence-electron chi connectivity index (χ4n) is 8.84. The van der Waals surface area contributed by atoms with E-state index >= 15 is 9.59 Å². The van der Waals surface area contributed by atoms with E-state index in [1.54, 1.807) is 65.4 Å². The molecule has 7 rings (SSSR count). The molecule has 1 unspecified atom stereocenters. The highest BCUT2D eigenvalue weighted by molar-refractivity contribution is 9.09. The van der Waals surface area contributed by atoms with Crippen molar-refractivity contribution < 1.29 is 38.5 Å².